The lowest BCUT2D eigenvalue weighted by Gasteiger charge is -2.18. The minimum atomic E-state index is 0.146. The zero-order valence-corrected chi connectivity index (χ0v) is 10.7. The first kappa shape index (κ1) is 13.5. The van der Waals surface area contributed by atoms with Gasteiger partial charge in [0.25, 0.3) is 0 Å². The molecule has 0 aromatic rings. The number of hydrogen-bond donors (Lipinski definition) is 1. The molecule has 1 aliphatic rings. The van der Waals surface area contributed by atoms with Crippen LogP contribution in [0.4, 0.5) is 0 Å². The summed E-state index contributed by atoms with van der Waals surface area (Å²) in [5, 5.41) is 3.20. The zero-order chi connectivity index (χ0) is 12.0. The first-order valence-electron chi connectivity index (χ1n) is 6.16. The Morgan fingerprint density at radius 1 is 1.50 bits per heavy atom. The summed E-state index contributed by atoms with van der Waals surface area (Å²) in [6.45, 7) is 6.72. The number of rotatable bonds is 8. The maximum atomic E-state index is 11.6. The molecule has 4 heteroatoms. The van der Waals surface area contributed by atoms with Gasteiger partial charge in [-0.15, -0.1) is 0 Å². The number of nitrogens with zero attached hydrogens (tertiary/aromatic N) is 1. The molecule has 16 heavy (non-hydrogen) atoms. The minimum absolute atomic E-state index is 0.146. The van der Waals surface area contributed by atoms with Crippen LogP contribution in [0.1, 0.15) is 26.7 Å². The van der Waals surface area contributed by atoms with E-state index in [4.69, 9.17) is 4.74 Å². The van der Waals surface area contributed by atoms with Crippen molar-refractivity contribution in [3.8, 4) is 0 Å². The van der Waals surface area contributed by atoms with Crippen LogP contribution in [0.5, 0.6) is 0 Å². The average molecular weight is 228 g/mol. The predicted octanol–water partition coefficient (Wildman–Crippen LogP) is 0.869. The largest absolute Gasteiger partial charge is 0.377 e. The molecule has 0 aliphatic heterocycles. The third kappa shape index (κ3) is 6.08. The van der Waals surface area contributed by atoms with Crippen LogP contribution in [0.3, 0.4) is 0 Å². The third-order valence-electron chi connectivity index (χ3n) is 2.71. The highest BCUT2D eigenvalue weighted by atomic mass is 16.5. The van der Waals surface area contributed by atoms with Crippen molar-refractivity contribution in [1.82, 2.24) is 10.2 Å². The molecule has 0 atom stereocenters. The number of carbonyl (C=O) groups is 1. The maximum absolute atomic E-state index is 11.6. The van der Waals surface area contributed by atoms with Gasteiger partial charge in [-0.05, 0) is 39.2 Å². The summed E-state index contributed by atoms with van der Waals surface area (Å²) in [6.07, 6.45) is 2.87. The van der Waals surface area contributed by atoms with Gasteiger partial charge in [-0.3, -0.25) is 4.79 Å². The predicted molar refractivity (Wildman–Crippen MR) is 64.3 cm³/mol. The van der Waals surface area contributed by atoms with E-state index in [9.17, 15) is 4.79 Å². The van der Waals surface area contributed by atoms with E-state index in [1.807, 2.05) is 20.9 Å². The molecule has 1 amide bonds. The Balaban J connectivity index is 1.99. The summed E-state index contributed by atoms with van der Waals surface area (Å²) in [4.78, 5) is 13.4. The van der Waals surface area contributed by atoms with E-state index in [1.54, 1.807) is 4.90 Å². The Bertz CT molecular complexity index is 215. The van der Waals surface area contributed by atoms with Gasteiger partial charge in [0.05, 0.1) is 19.3 Å². The molecule has 0 spiro atoms. The number of ether oxygens (including phenoxy) is 1. The first-order chi connectivity index (χ1) is 7.59. The van der Waals surface area contributed by atoms with Gasteiger partial charge in [-0.1, -0.05) is 0 Å². The highest BCUT2D eigenvalue weighted by Gasteiger charge is 2.20. The van der Waals surface area contributed by atoms with Crippen LogP contribution in [0.15, 0.2) is 0 Å². The van der Waals surface area contributed by atoms with Crippen molar-refractivity contribution in [2.24, 2.45) is 5.92 Å². The first-order valence-corrected chi connectivity index (χ1v) is 6.16. The van der Waals surface area contributed by atoms with Crippen molar-refractivity contribution < 1.29 is 9.53 Å². The fraction of sp³-hybridized carbons (Fsp3) is 0.917. The molecule has 0 aromatic heterocycles. The van der Waals surface area contributed by atoms with Crippen LogP contribution >= 0.6 is 0 Å². The van der Waals surface area contributed by atoms with Crippen LogP contribution in [-0.2, 0) is 9.53 Å². The molecule has 4 nitrogen and oxygen atoms in total. The molecule has 0 aromatic carbocycles. The number of likely N-dealkylation sites (N-methyl/N-ethyl adjacent to an activating group) is 1. The van der Waals surface area contributed by atoms with E-state index in [0.717, 1.165) is 12.5 Å². The topological polar surface area (TPSA) is 41.6 Å². The van der Waals surface area contributed by atoms with Gasteiger partial charge >= 0.3 is 0 Å². The molecule has 1 aliphatic carbocycles. The second kappa shape index (κ2) is 6.86. The van der Waals surface area contributed by atoms with Crippen molar-refractivity contribution in [2.45, 2.75) is 32.8 Å². The monoisotopic (exact) mass is 228 g/mol. The Kier molecular flexibility index (Phi) is 5.77. The highest BCUT2D eigenvalue weighted by molar-refractivity contribution is 5.77. The van der Waals surface area contributed by atoms with Crippen LogP contribution in [0.25, 0.3) is 0 Å². The molecule has 1 rings (SSSR count). The molecule has 94 valence electrons. The molecule has 1 saturated carbocycles. The van der Waals surface area contributed by atoms with Gasteiger partial charge in [0.1, 0.15) is 0 Å². The maximum Gasteiger partial charge on any atom is 0.236 e. The van der Waals surface area contributed by atoms with Gasteiger partial charge in [0.15, 0.2) is 0 Å². The van der Waals surface area contributed by atoms with Crippen molar-refractivity contribution in [2.75, 3.05) is 33.3 Å². The van der Waals surface area contributed by atoms with E-state index >= 15 is 0 Å². The number of amides is 1. The van der Waals surface area contributed by atoms with Crippen LogP contribution in [0.2, 0.25) is 0 Å². The summed E-state index contributed by atoms with van der Waals surface area (Å²) in [5.41, 5.74) is 0. The summed E-state index contributed by atoms with van der Waals surface area (Å²) in [6, 6.07) is 0. The fourth-order valence-electron chi connectivity index (χ4n) is 1.39. The van der Waals surface area contributed by atoms with Gasteiger partial charge in [0.2, 0.25) is 5.91 Å². The smallest absolute Gasteiger partial charge is 0.236 e. The van der Waals surface area contributed by atoms with Crippen LogP contribution in [-0.4, -0.2) is 50.2 Å². The highest BCUT2D eigenvalue weighted by Crippen LogP contribution is 2.27. The summed E-state index contributed by atoms with van der Waals surface area (Å²) >= 11 is 0. The number of hydrogen-bond acceptors (Lipinski definition) is 3. The van der Waals surface area contributed by atoms with Crippen molar-refractivity contribution in [1.29, 1.82) is 0 Å². The molecule has 0 heterocycles. The molecule has 0 radical (unpaired) electrons. The lowest BCUT2D eigenvalue weighted by Crippen LogP contribution is -2.38. The van der Waals surface area contributed by atoms with E-state index < -0.39 is 0 Å². The standard InChI is InChI=1S/C12H24N2O2/c1-10(2)16-7-6-14(3)12(15)9-13-8-11-4-5-11/h10-11,13H,4-9H2,1-3H3. The van der Waals surface area contributed by atoms with E-state index in [0.29, 0.717) is 19.7 Å². The van der Waals surface area contributed by atoms with Crippen molar-refractivity contribution >= 4 is 5.91 Å². The second-order valence-corrected chi connectivity index (χ2v) is 4.81. The van der Waals surface area contributed by atoms with Crippen molar-refractivity contribution in [3.05, 3.63) is 0 Å². The van der Waals surface area contributed by atoms with Gasteiger partial charge in [0, 0.05) is 13.6 Å². The summed E-state index contributed by atoms with van der Waals surface area (Å²) < 4.78 is 5.40. The van der Waals surface area contributed by atoms with E-state index in [2.05, 4.69) is 5.32 Å². The average Bonchev–Trinajstić information content (AvgIpc) is 3.00. The Hall–Kier alpha value is -0.610. The summed E-state index contributed by atoms with van der Waals surface area (Å²) in [7, 11) is 1.82. The zero-order valence-electron chi connectivity index (χ0n) is 10.7. The molecular weight excluding hydrogens is 204 g/mol. The van der Waals surface area contributed by atoms with Crippen molar-refractivity contribution in [3.63, 3.8) is 0 Å². The molecule has 1 fully saturated rings. The van der Waals surface area contributed by atoms with Crippen LogP contribution < -0.4 is 5.32 Å². The Morgan fingerprint density at radius 3 is 2.75 bits per heavy atom. The third-order valence-corrected chi connectivity index (χ3v) is 2.71. The lowest BCUT2D eigenvalue weighted by molar-refractivity contribution is -0.129. The molecular formula is C12H24N2O2. The molecule has 0 unspecified atom stereocenters. The van der Waals surface area contributed by atoms with E-state index in [-0.39, 0.29) is 12.0 Å². The van der Waals surface area contributed by atoms with Crippen LogP contribution in [0, 0.1) is 5.92 Å². The Labute approximate surface area is 98.3 Å². The second-order valence-electron chi connectivity index (χ2n) is 4.81. The Morgan fingerprint density at radius 2 is 2.19 bits per heavy atom. The minimum Gasteiger partial charge on any atom is -0.377 e. The van der Waals surface area contributed by atoms with Gasteiger partial charge < -0.3 is 15.0 Å². The molecule has 0 saturated heterocycles. The van der Waals surface area contributed by atoms with E-state index in [1.165, 1.54) is 12.8 Å². The normalized spacial score (nSPS) is 15.5. The van der Waals surface area contributed by atoms with Gasteiger partial charge in [-0.25, -0.2) is 0 Å². The number of nitrogens with one attached hydrogen (secondary N) is 1. The molecule has 0 bridgehead atoms. The van der Waals surface area contributed by atoms with Gasteiger partial charge in [-0.2, -0.15) is 0 Å². The summed E-state index contributed by atoms with van der Waals surface area (Å²) in [5.74, 6) is 0.968. The lowest BCUT2D eigenvalue weighted by atomic mass is 10.4. The molecule has 1 N–H and O–H groups in total. The number of carbonyl (C=O) groups excluding carboxylic acids is 1. The SMILES string of the molecule is CC(C)OCCN(C)C(=O)CNCC1CC1. The fourth-order valence-corrected chi connectivity index (χ4v) is 1.39. The quantitative estimate of drug-likeness (QED) is 0.670.